The van der Waals surface area contributed by atoms with Crippen LogP contribution in [-0.4, -0.2) is 28.6 Å². The Morgan fingerprint density at radius 1 is 1.36 bits per heavy atom. The van der Waals surface area contributed by atoms with E-state index in [1.807, 2.05) is 6.92 Å². The highest BCUT2D eigenvalue weighted by molar-refractivity contribution is 5.70. The fraction of sp³-hybridized carbons (Fsp3) is 0.533. The molecule has 3 nitrogen and oxygen atoms in total. The summed E-state index contributed by atoms with van der Waals surface area (Å²) in [6.45, 7) is 2.05. The van der Waals surface area contributed by atoms with Crippen LogP contribution < -0.4 is 0 Å². The lowest BCUT2D eigenvalue weighted by molar-refractivity contribution is -0.144. The van der Waals surface area contributed by atoms with Crippen molar-refractivity contribution >= 4 is 5.97 Å². The highest BCUT2D eigenvalue weighted by Gasteiger charge is 2.33. The summed E-state index contributed by atoms with van der Waals surface area (Å²) in [5.41, 5.74) is -0.962. The van der Waals surface area contributed by atoms with Crippen molar-refractivity contribution < 1.29 is 27.5 Å². The van der Waals surface area contributed by atoms with Gasteiger partial charge in [-0.25, -0.2) is 4.39 Å². The van der Waals surface area contributed by atoms with E-state index in [1.165, 1.54) is 0 Å². The number of aliphatic carboxylic acids is 1. The van der Waals surface area contributed by atoms with Gasteiger partial charge in [0.2, 0.25) is 0 Å². The van der Waals surface area contributed by atoms with Crippen molar-refractivity contribution in [3.63, 3.8) is 0 Å². The van der Waals surface area contributed by atoms with Crippen molar-refractivity contribution in [1.29, 1.82) is 0 Å². The lowest BCUT2D eigenvalue weighted by Crippen LogP contribution is -2.43. The van der Waals surface area contributed by atoms with Gasteiger partial charge in [0.1, 0.15) is 5.82 Å². The van der Waals surface area contributed by atoms with Gasteiger partial charge in [-0.2, -0.15) is 13.2 Å². The van der Waals surface area contributed by atoms with E-state index in [9.17, 15) is 22.4 Å². The third-order valence-corrected chi connectivity index (χ3v) is 4.11. The molecule has 1 aliphatic rings. The topological polar surface area (TPSA) is 40.5 Å². The maximum Gasteiger partial charge on any atom is 0.416 e. The van der Waals surface area contributed by atoms with E-state index in [4.69, 9.17) is 5.11 Å². The Bertz CT molecular complexity index is 559. The molecule has 2 atom stereocenters. The van der Waals surface area contributed by atoms with Crippen molar-refractivity contribution in [2.75, 3.05) is 6.54 Å². The van der Waals surface area contributed by atoms with Crippen LogP contribution in [-0.2, 0) is 17.5 Å². The number of likely N-dealkylation sites (tertiary alicyclic amines) is 1. The molecular weight excluding hydrogens is 302 g/mol. The highest BCUT2D eigenvalue weighted by Crippen LogP contribution is 2.31. The molecule has 1 heterocycles. The molecule has 0 radical (unpaired) electrons. The van der Waals surface area contributed by atoms with Crippen molar-refractivity contribution in [2.24, 2.45) is 5.92 Å². The van der Waals surface area contributed by atoms with Gasteiger partial charge >= 0.3 is 12.1 Å². The number of benzene rings is 1. The van der Waals surface area contributed by atoms with Crippen LogP contribution in [0.4, 0.5) is 17.6 Å². The second-order valence-electron chi connectivity index (χ2n) is 5.69. The van der Waals surface area contributed by atoms with Crippen molar-refractivity contribution in [3.05, 3.63) is 35.1 Å². The first-order valence-electron chi connectivity index (χ1n) is 7.01. The zero-order valence-corrected chi connectivity index (χ0v) is 12.0. The Labute approximate surface area is 125 Å². The Morgan fingerprint density at radius 3 is 2.64 bits per heavy atom. The molecule has 1 N–H and O–H groups in total. The molecule has 0 bridgehead atoms. The summed E-state index contributed by atoms with van der Waals surface area (Å²) in [5, 5.41) is 9.06. The van der Waals surface area contributed by atoms with Crippen LogP contribution in [0.2, 0.25) is 0 Å². The van der Waals surface area contributed by atoms with Crippen molar-refractivity contribution in [1.82, 2.24) is 4.90 Å². The molecule has 122 valence electrons. The van der Waals surface area contributed by atoms with E-state index in [0.29, 0.717) is 18.9 Å². The van der Waals surface area contributed by atoms with E-state index in [2.05, 4.69) is 0 Å². The summed E-state index contributed by atoms with van der Waals surface area (Å²) in [6.07, 6.45) is -3.38. The van der Waals surface area contributed by atoms with Gasteiger partial charge in [0.25, 0.3) is 0 Å². The number of carboxylic acids is 1. The van der Waals surface area contributed by atoms with Crippen LogP contribution in [0.3, 0.4) is 0 Å². The molecule has 0 aliphatic carbocycles. The molecule has 1 aliphatic heterocycles. The fourth-order valence-corrected chi connectivity index (χ4v) is 2.69. The molecule has 0 amide bonds. The average Bonchev–Trinajstić information content (AvgIpc) is 2.42. The van der Waals surface area contributed by atoms with Crippen LogP contribution in [0.1, 0.15) is 30.9 Å². The number of alkyl halides is 3. The fourth-order valence-electron chi connectivity index (χ4n) is 2.69. The molecule has 1 aromatic carbocycles. The van der Waals surface area contributed by atoms with E-state index >= 15 is 0 Å². The monoisotopic (exact) mass is 319 g/mol. The first-order chi connectivity index (χ1) is 10.2. The largest absolute Gasteiger partial charge is 0.481 e. The number of rotatable bonds is 3. The number of hydrogen-bond acceptors (Lipinski definition) is 2. The van der Waals surface area contributed by atoms with Gasteiger partial charge in [-0.1, -0.05) is 0 Å². The maximum atomic E-state index is 13.8. The van der Waals surface area contributed by atoms with E-state index in [1.54, 1.807) is 4.90 Å². The highest BCUT2D eigenvalue weighted by atomic mass is 19.4. The molecule has 0 spiro atoms. The van der Waals surface area contributed by atoms with Gasteiger partial charge in [0, 0.05) is 24.7 Å². The van der Waals surface area contributed by atoms with E-state index in [0.717, 1.165) is 12.1 Å². The Hall–Kier alpha value is -1.63. The molecule has 7 heteroatoms. The average molecular weight is 319 g/mol. The predicted octanol–water partition coefficient (Wildman–Crippen LogP) is 3.53. The minimum absolute atomic E-state index is 0.00421. The van der Waals surface area contributed by atoms with E-state index < -0.39 is 29.4 Å². The zero-order chi connectivity index (χ0) is 16.5. The molecule has 1 fully saturated rings. The number of hydrogen-bond donors (Lipinski definition) is 1. The van der Waals surface area contributed by atoms with Gasteiger partial charge < -0.3 is 5.11 Å². The molecule has 2 unspecified atom stereocenters. The van der Waals surface area contributed by atoms with Crippen molar-refractivity contribution in [3.8, 4) is 0 Å². The van der Waals surface area contributed by atoms with Gasteiger partial charge in [-0.3, -0.25) is 9.69 Å². The summed E-state index contributed by atoms with van der Waals surface area (Å²) in [5.74, 6) is -2.20. The molecular formula is C15H17F4NO2. The lowest BCUT2D eigenvalue weighted by Gasteiger charge is -2.36. The second-order valence-corrected chi connectivity index (χ2v) is 5.69. The Kier molecular flexibility index (Phi) is 4.75. The molecule has 1 saturated heterocycles. The number of piperidine rings is 1. The smallest absolute Gasteiger partial charge is 0.416 e. The van der Waals surface area contributed by atoms with Crippen LogP contribution in [0.15, 0.2) is 18.2 Å². The van der Waals surface area contributed by atoms with Crippen molar-refractivity contribution in [2.45, 2.75) is 38.5 Å². The molecule has 0 saturated carbocycles. The van der Waals surface area contributed by atoms with Crippen LogP contribution >= 0.6 is 0 Å². The first-order valence-corrected chi connectivity index (χ1v) is 7.01. The van der Waals surface area contributed by atoms with Gasteiger partial charge in [0.05, 0.1) is 11.5 Å². The summed E-state index contributed by atoms with van der Waals surface area (Å²) >= 11 is 0. The Morgan fingerprint density at radius 2 is 2.05 bits per heavy atom. The number of nitrogens with zero attached hydrogens (tertiary/aromatic N) is 1. The number of carboxylic acid groups (broad SMARTS) is 1. The van der Waals surface area contributed by atoms with Crippen LogP contribution in [0.5, 0.6) is 0 Å². The SMILES string of the molecule is CC1CCC(C(=O)O)CN1Cc1cc(C(F)(F)F)ccc1F. The van der Waals surface area contributed by atoms with Crippen LogP contribution in [0, 0.1) is 11.7 Å². The normalized spacial score (nSPS) is 23.5. The third-order valence-electron chi connectivity index (χ3n) is 4.11. The molecule has 22 heavy (non-hydrogen) atoms. The lowest BCUT2D eigenvalue weighted by atomic mass is 9.93. The molecule has 2 rings (SSSR count). The van der Waals surface area contributed by atoms with Gasteiger partial charge in [-0.05, 0) is 38.0 Å². The van der Waals surface area contributed by atoms with E-state index in [-0.39, 0.29) is 24.7 Å². The maximum absolute atomic E-state index is 13.8. The standard InChI is InChI=1S/C15H17F4NO2/c1-9-2-3-10(14(21)22)7-20(9)8-11-6-12(15(17,18)19)4-5-13(11)16/h4-6,9-10H,2-3,7-8H2,1H3,(H,21,22). The quantitative estimate of drug-likeness (QED) is 0.867. The summed E-state index contributed by atoms with van der Waals surface area (Å²) in [6, 6.07) is 2.32. The third kappa shape index (κ3) is 3.76. The summed E-state index contributed by atoms with van der Waals surface area (Å²) in [7, 11) is 0. The number of halogens is 4. The van der Waals surface area contributed by atoms with Crippen LogP contribution in [0.25, 0.3) is 0 Å². The summed E-state index contributed by atoms with van der Waals surface area (Å²) < 4.78 is 51.9. The van der Waals surface area contributed by atoms with Gasteiger partial charge in [-0.15, -0.1) is 0 Å². The number of carbonyl (C=O) groups is 1. The molecule has 0 aromatic heterocycles. The first kappa shape index (κ1) is 16.7. The Balaban J connectivity index is 2.20. The zero-order valence-electron chi connectivity index (χ0n) is 12.0. The second kappa shape index (κ2) is 6.24. The predicted molar refractivity (Wildman–Crippen MR) is 71.6 cm³/mol. The molecule has 1 aromatic rings. The minimum Gasteiger partial charge on any atom is -0.481 e. The van der Waals surface area contributed by atoms with Gasteiger partial charge in [0.15, 0.2) is 0 Å². The minimum atomic E-state index is -4.53. The summed E-state index contributed by atoms with van der Waals surface area (Å²) in [4.78, 5) is 12.8.